The van der Waals surface area contributed by atoms with Crippen LogP contribution in [0.2, 0.25) is 0 Å². The zero-order chi connectivity index (χ0) is 20.2. The zero-order valence-electron chi connectivity index (χ0n) is 15.8. The van der Waals surface area contributed by atoms with Crippen molar-refractivity contribution in [2.75, 3.05) is 0 Å². The molecular formula is C22H16N4O4. The predicted molar refractivity (Wildman–Crippen MR) is 105 cm³/mol. The molecule has 8 heteroatoms. The van der Waals surface area contributed by atoms with Crippen molar-refractivity contribution in [2.45, 2.75) is 25.2 Å². The third-order valence-corrected chi connectivity index (χ3v) is 5.57. The number of fused-ring (bicyclic) bond motifs is 3. The van der Waals surface area contributed by atoms with Gasteiger partial charge in [0.25, 0.3) is 0 Å². The van der Waals surface area contributed by atoms with Gasteiger partial charge in [-0.15, -0.1) is 5.10 Å². The van der Waals surface area contributed by atoms with Crippen molar-refractivity contribution in [2.24, 2.45) is 0 Å². The SMILES string of the molecule is O=C1CCCC2=C1[C@@H](c1ccco1)c1c(ncn3nc(-c4ccccc4O)nc13)O2. The van der Waals surface area contributed by atoms with E-state index in [9.17, 15) is 9.90 Å². The van der Waals surface area contributed by atoms with E-state index in [0.29, 0.717) is 58.4 Å². The first-order chi connectivity index (χ1) is 14.7. The van der Waals surface area contributed by atoms with Gasteiger partial charge in [-0.25, -0.2) is 14.5 Å². The van der Waals surface area contributed by atoms with E-state index in [1.54, 1.807) is 41.1 Å². The number of carbonyl (C=O) groups excluding carboxylic acids is 1. The second kappa shape index (κ2) is 6.28. The first kappa shape index (κ1) is 17.0. The van der Waals surface area contributed by atoms with Crippen molar-refractivity contribution in [1.29, 1.82) is 0 Å². The van der Waals surface area contributed by atoms with Crippen LogP contribution in [0.1, 0.15) is 36.5 Å². The van der Waals surface area contributed by atoms with E-state index in [4.69, 9.17) is 9.15 Å². The van der Waals surface area contributed by atoms with Crippen LogP contribution < -0.4 is 4.74 Å². The highest BCUT2D eigenvalue weighted by Gasteiger charge is 2.41. The van der Waals surface area contributed by atoms with Crippen LogP contribution in [0.5, 0.6) is 11.6 Å². The summed E-state index contributed by atoms with van der Waals surface area (Å²) in [6, 6.07) is 10.5. The van der Waals surface area contributed by atoms with Crippen molar-refractivity contribution in [3.05, 3.63) is 71.6 Å². The minimum absolute atomic E-state index is 0.0470. The number of nitrogens with zero attached hydrogens (tertiary/aromatic N) is 4. The Morgan fingerprint density at radius 1 is 1.13 bits per heavy atom. The first-order valence-electron chi connectivity index (χ1n) is 9.72. The molecule has 0 amide bonds. The van der Waals surface area contributed by atoms with Gasteiger partial charge in [-0.1, -0.05) is 12.1 Å². The number of furan rings is 1. The molecule has 8 nitrogen and oxygen atoms in total. The molecule has 0 fully saturated rings. The normalized spacial score (nSPS) is 18.3. The van der Waals surface area contributed by atoms with Crippen LogP contribution in [0.3, 0.4) is 0 Å². The van der Waals surface area contributed by atoms with E-state index < -0.39 is 5.92 Å². The van der Waals surface area contributed by atoms with E-state index in [1.807, 2.05) is 6.07 Å². The number of aromatic nitrogens is 4. The van der Waals surface area contributed by atoms with Crippen LogP contribution in [0, 0.1) is 0 Å². The van der Waals surface area contributed by atoms with Crippen molar-refractivity contribution < 1.29 is 19.1 Å². The first-order valence-corrected chi connectivity index (χ1v) is 9.72. The van der Waals surface area contributed by atoms with Crippen molar-refractivity contribution in [3.8, 4) is 23.0 Å². The Labute approximate surface area is 170 Å². The molecule has 0 saturated carbocycles. The highest BCUT2D eigenvalue weighted by Crippen LogP contribution is 2.47. The number of hydrogen-bond acceptors (Lipinski definition) is 7. The number of para-hydroxylation sites is 1. The number of phenolic OH excluding ortho intramolecular Hbond substituents is 1. The Kier molecular flexibility index (Phi) is 3.55. The molecule has 0 spiro atoms. The number of carbonyl (C=O) groups is 1. The summed E-state index contributed by atoms with van der Waals surface area (Å²) < 4.78 is 13.3. The summed E-state index contributed by atoms with van der Waals surface area (Å²) in [5, 5.41) is 14.7. The third-order valence-electron chi connectivity index (χ3n) is 5.57. The number of phenols is 1. The van der Waals surface area contributed by atoms with Gasteiger partial charge in [-0.05, 0) is 30.7 Å². The largest absolute Gasteiger partial charge is 0.507 e. The van der Waals surface area contributed by atoms with Gasteiger partial charge >= 0.3 is 0 Å². The molecule has 1 aliphatic heterocycles. The lowest BCUT2D eigenvalue weighted by Gasteiger charge is -2.30. The fourth-order valence-electron chi connectivity index (χ4n) is 4.23. The molecule has 0 radical (unpaired) electrons. The summed E-state index contributed by atoms with van der Waals surface area (Å²) in [6.45, 7) is 0. The standard InChI is InChI=1S/C22H16N4O4/c27-13-6-2-1-5-12(13)20-24-21-19-18(15-9-4-10-29-15)17-14(28)7-3-8-16(17)30-22(19)23-11-26(21)25-20/h1-2,4-6,9-11,18,27H,3,7-8H2/t18-/m1/s1. The summed E-state index contributed by atoms with van der Waals surface area (Å²) in [7, 11) is 0. The Morgan fingerprint density at radius 2 is 2.03 bits per heavy atom. The molecule has 0 saturated heterocycles. The van der Waals surface area contributed by atoms with E-state index in [0.717, 1.165) is 6.42 Å². The molecular weight excluding hydrogens is 384 g/mol. The van der Waals surface area contributed by atoms with Gasteiger partial charge in [-0.3, -0.25) is 4.79 Å². The molecule has 1 N–H and O–H groups in total. The van der Waals surface area contributed by atoms with Crippen molar-refractivity contribution in [1.82, 2.24) is 19.6 Å². The highest BCUT2D eigenvalue weighted by molar-refractivity contribution is 5.99. The number of ketones is 1. The fourth-order valence-corrected chi connectivity index (χ4v) is 4.23. The summed E-state index contributed by atoms with van der Waals surface area (Å²) in [4.78, 5) is 22.0. The zero-order valence-corrected chi connectivity index (χ0v) is 15.8. The number of hydrogen-bond donors (Lipinski definition) is 1. The molecule has 0 unspecified atom stereocenters. The fraction of sp³-hybridized carbons (Fsp3) is 0.182. The smallest absolute Gasteiger partial charge is 0.228 e. The topological polar surface area (TPSA) is 103 Å². The maximum atomic E-state index is 12.9. The van der Waals surface area contributed by atoms with Gasteiger partial charge in [0, 0.05) is 18.4 Å². The second-order valence-electron chi connectivity index (χ2n) is 7.35. The van der Waals surface area contributed by atoms with Crippen LogP contribution in [0.25, 0.3) is 17.0 Å². The van der Waals surface area contributed by atoms with Gasteiger partial charge in [0.2, 0.25) is 5.88 Å². The van der Waals surface area contributed by atoms with Crippen molar-refractivity contribution >= 4 is 11.4 Å². The molecule has 148 valence electrons. The summed E-state index contributed by atoms with van der Waals surface area (Å²) >= 11 is 0. The Hall–Kier alpha value is -3.94. The molecule has 6 rings (SSSR count). The molecule has 4 aromatic rings. The Morgan fingerprint density at radius 3 is 2.87 bits per heavy atom. The van der Waals surface area contributed by atoms with Gasteiger partial charge < -0.3 is 14.3 Å². The van der Waals surface area contributed by atoms with E-state index in [1.165, 1.54) is 6.33 Å². The van der Waals surface area contributed by atoms with Crippen LogP contribution in [-0.4, -0.2) is 30.5 Å². The minimum atomic E-state index is -0.468. The summed E-state index contributed by atoms with van der Waals surface area (Å²) in [5.74, 6) is 1.70. The molecule has 1 aromatic carbocycles. The molecule has 4 heterocycles. The number of Topliss-reactive ketones (excluding diaryl/α,β-unsaturated/α-hetero) is 1. The monoisotopic (exact) mass is 400 g/mol. The number of rotatable bonds is 2. The predicted octanol–water partition coefficient (Wildman–Crippen LogP) is 3.62. The third kappa shape index (κ3) is 2.40. The van der Waals surface area contributed by atoms with Gasteiger partial charge in [0.15, 0.2) is 17.3 Å². The lowest BCUT2D eigenvalue weighted by Crippen LogP contribution is -2.26. The lowest BCUT2D eigenvalue weighted by atomic mass is 9.80. The number of ether oxygens (including phenoxy) is 1. The quantitative estimate of drug-likeness (QED) is 0.548. The Bertz CT molecular complexity index is 1340. The van der Waals surface area contributed by atoms with Gasteiger partial charge in [0.05, 0.1) is 23.3 Å². The second-order valence-corrected chi connectivity index (χ2v) is 7.35. The number of aromatic hydroxyl groups is 1. The molecule has 2 aliphatic rings. The average Bonchev–Trinajstić information content (AvgIpc) is 3.42. The van der Waals surface area contributed by atoms with E-state index in [2.05, 4.69) is 15.1 Å². The molecule has 1 aliphatic carbocycles. The summed E-state index contributed by atoms with van der Waals surface area (Å²) in [6.07, 6.45) is 5.02. The number of benzene rings is 1. The Balaban J connectivity index is 1.62. The van der Waals surface area contributed by atoms with Gasteiger partial charge in [-0.2, -0.15) is 0 Å². The highest BCUT2D eigenvalue weighted by atomic mass is 16.5. The van der Waals surface area contributed by atoms with Gasteiger partial charge in [0.1, 0.15) is 23.6 Å². The molecule has 3 aromatic heterocycles. The number of allylic oxidation sites excluding steroid dienone is 2. The average molecular weight is 400 g/mol. The summed E-state index contributed by atoms with van der Waals surface area (Å²) in [5.41, 5.74) is 2.25. The van der Waals surface area contributed by atoms with Crippen LogP contribution in [-0.2, 0) is 4.79 Å². The van der Waals surface area contributed by atoms with E-state index in [-0.39, 0.29) is 11.5 Å². The van der Waals surface area contributed by atoms with Crippen molar-refractivity contribution in [3.63, 3.8) is 0 Å². The molecule has 30 heavy (non-hydrogen) atoms. The maximum Gasteiger partial charge on any atom is 0.228 e. The van der Waals surface area contributed by atoms with E-state index >= 15 is 0 Å². The minimum Gasteiger partial charge on any atom is -0.507 e. The van der Waals surface area contributed by atoms with Crippen LogP contribution in [0.15, 0.2) is 64.7 Å². The van der Waals surface area contributed by atoms with Crippen LogP contribution in [0.4, 0.5) is 0 Å². The lowest BCUT2D eigenvalue weighted by molar-refractivity contribution is -0.116. The maximum absolute atomic E-state index is 12.9. The van der Waals surface area contributed by atoms with Crippen LogP contribution >= 0.6 is 0 Å². The molecule has 1 atom stereocenters. The molecule has 0 bridgehead atoms.